The molecule has 1 aromatic rings. The van der Waals surface area contributed by atoms with Crippen LogP contribution in [0.1, 0.15) is 11.7 Å². The highest BCUT2D eigenvalue weighted by Crippen LogP contribution is 2.25. The minimum Gasteiger partial charge on any atom is -0.390 e. The van der Waals surface area contributed by atoms with Crippen molar-refractivity contribution in [2.45, 2.75) is 12.2 Å². The fourth-order valence-corrected chi connectivity index (χ4v) is 1.56. The van der Waals surface area contributed by atoms with Crippen molar-refractivity contribution < 1.29 is 14.6 Å². The number of halogens is 2. The number of hydrogen-bond donors (Lipinski definition) is 2. The van der Waals surface area contributed by atoms with E-state index in [0.717, 1.165) is 0 Å². The van der Waals surface area contributed by atoms with E-state index in [0.29, 0.717) is 0 Å². The van der Waals surface area contributed by atoms with Gasteiger partial charge in [-0.15, -0.1) is 0 Å². The van der Waals surface area contributed by atoms with Crippen LogP contribution in [0.3, 0.4) is 0 Å². The van der Waals surface area contributed by atoms with Crippen molar-refractivity contribution in [1.82, 2.24) is 0 Å². The first-order valence-corrected chi connectivity index (χ1v) is 5.18. The number of hydrogen-bond acceptors (Lipinski definition) is 3. The molecule has 86 valence electrons. The first-order chi connectivity index (χ1) is 7.57. The van der Waals surface area contributed by atoms with E-state index < -0.39 is 18.0 Å². The largest absolute Gasteiger partial charge is 0.390 e. The second-order valence-corrected chi connectivity index (χ2v) is 3.92. The van der Waals surface area contributed by atoms with Gasteiger partial charge in [0.05, 0.1) is 17.1 Å². The third kappa shape index (κ3) is 2.93. The summed E-state index contributed by atoms with van der Waals surface area (Å²) in [7, 11) is 0. The molecule has 0 aliphatic carbocycles. The van der Waals surface area contributed by atoms with E-state index in [-0.39, 0.29) is 16.6 Å². The average Bonchev–Trinajstić information content (AvgIpc) is 2.28. The van der Waals surface area contributed by atoms with Gasteiger partial charge in [-0.2, -0.15) is 0 Å². The highest BCUT2D eigenvalue weighted by atomic mass is 79.9. The first kappa shape index (κ1) is 12.9. The Hall–Kier alpha value is -1.14. The molecule has 0 amide bonds. The van der Waals surface area contributed by atoms with Gasteiger partial charge in [0.2, 0.25) is 0 Å². The summed E-state index contributed by atoms with van der Waals surface area (Å²) in [6.07, 6.45) is -2.76. The molecule has 0 saturated heterocycles. The minimum atomic E-state index is -1.43. The molecule has 1 aromatic carbocycles. The molecule has 0 radical (unpaired) electrons. The fraction of sp³-hybridized carbons (Fsp3) is 0.333. The molecular weight excluding hydrogens is 281 g/mol. The van der Waals surface area contributed by atoms with Gasteiger partial charge in [-0.1, -0.05) is 17.2 Å². The fourth-order valence-electron chi connectivity index (χ4n) is 1.18. The van der Waals surface area contributed by atoms with Crippen LogP contribution in [-0.4, -0.2) is 22.9 Å². The molecule has 5 nitrogen and oxygen atoms in total. The van der Waals surface area contributed by atoms with E-state index in [1.165, 1.54) is 18.2 Å². The van der Waals surface area contributed by atoms with Crippen molar-refractivity contribution in [2.24, 2.45) is 5.11 Å². The molecule has 16 heavy (non-hydrogen) atoms. The normalized spacial score (nSPS) is 14.0. The maximum Gasteiger partial charge on any atom is 0.143 e. The third-order valence-electron chi connectivity index (χ3n) is 2.00. The smallest absolute Gasteiger partial charge is 0.143 e. The van der Waals surface area contributed by atoms with Gasteiger partial charge in [-0.3, -0.25) is 0 Å². The van der Waals surface area contributed by atoms with E-state index >= 15 is 0 Å². The van der Waals surface area contributed by atoms with Crippen LogP contribution in [0.2, 0.25) is 0 Å². The predicted molar refractivity (Wildman–Crippen MR) is 59.1 cm³/mol. The summed E-state index contributed by atoms with van der Waals surface area (Å²) in [6.45, 7) is -0.316. The van der Waals surface area contributed by atoms with Crippen LogP contribution in [0.5, 0.6) is 0 Å². The molecule has 0 aromatic heterocycles. The zero-order valence-electron chi connectivity index (χ0n) is 8.09. The number of aliphatic hydroxyl groups excluding tert-OH is 2. The van der Waals surface area contributed by atoms with Gasteiger partial charge in [0, 0.05) is 10.5 Å². The molecule has 7 heteroatoms. The van der Waals surface area contributed by atoms with Crippen LogP contribution < -0.4 is 0 Å². The van der Waals surface area contributed by atoms with Gasteiger partial charge >= 0.3 is 0 Å². The zero-order chi connectivity index (χ0) is 12.1. The zero-order valence-corrected chi connectivity index (χ0v) is 9.67. The van der Waals surface area contributed by atoms with E-state index in [9.17, 15) is 14.6 Å². The quantitative estimate of drug-likeness (QED) is 0.506. The van der Waals surface area contributed by atoms with E-state index in [1.54, 1.807) is 0 Å². The monoisotopic (exact) mass is 289 g/mol. The minimum absolute atomic E-state index is 0.0463. The van der Waals surface area contributed by atoms with Crippen LogP contribution in [0.4, 0.5) is 4.39 Å². The highest BCUT2D eigenvalue weighted by molar-refractivity contribution is 9.10. The number of benzene rings is 1. The van der Waals surface area contributed by atoms with Crippen LogP contribution in [0, 0.1) is 5.82 Å². The van der Waals surface area contributed by atoms with Gasteiger partial charge in [0.15, 0.2) is 0 Å². The van der Waals surface area contributed by atoms with Gasteiger partial charge in [0.25, 0.3) is 0 Å². The summed E-state index contributed by atoms with van der Waals surface area (Å²) in [5.41, 5.74) is 8.00. The van der Waals surface area contributed by atoms with Gasteiger partial charge in [-0.05, 0) is 27.5 Å². The Kier molecular flexibility index (Phi) is 4.70. The van der Waals surface area contributed by atoms with Crippen LogP contribution in [0.25, 0.3) is 10.4 Å². The standard InChI is InChI=1S/C9H9BrFN3O2/c10-6-3-1-2-5(8(6)11)9(16)7(15)4-13-14-12/h1-3,7,9,15-16H,4H2. The van der Waals surface area contributed by atoms with Crippen LogP contribution in [0.15, 0.2) is 27.8 Å². The predicted octanol–water partition coefficient (Wildman–Crippen LogP) is 2.29. The molecule has 2 atom stereocenters. The molecule has 2 unspecified atom stereocenters. The maximum absolute atomic E-state index is 13.5. The SMILES string of the molecule is [N-]=[N+]=NCC(O)C(O)c1cccc(Br)c1F. The van der Waals surface area contributed by atoms with Gasteiger partial charge < -0.3 is 10.2 Å². The van der Waals surface area contributed by atoms with E-state index in [4.69, 9.17) is 5.53 Å². The number of azide groups is 1. The van der Waals surface area contributed by atoms with Crippen molar-refractivity contribution in [3.05, 3.63) is 44.5 Å². The number of aliphatic hydroxyl groups is 2. The lowest BCUT2D eigenvalue weighted by atomic mass is 10.0. The number of nitrogens with zero attached hydrogens (tertiary/aromatic N) is 3. The summed E-state index contributed by atoms with van der Waals surface area (Å²) >= 11 is 2.97. The Balaban J connectivity index is 2.91. The summed E-state index contributed by atoms with van der Waals surface area (Å²) in [4.78, 5) is 2.44. The lowest BCUT2D eigenvalue weighted by Crippen LogP contribution is -2.22. The average molecular weight is 290 g/mol. The lowest BCUT2D eigenvalue weighted by Gasteiger charge is -2.17. The Bertz CT molecular complexity index is 423. The highest BCUT2D eigenvalue weighted by Gasteiger charge is 2.21. The molecule has 0 fully saturated rings. The molecule has 0 saturated carbocycles. The van der Waals surface area contributed by atoms with Gasteiger partial charge in [-0.25, -0.2) is 4.39 Å². The summed E-state index contributed by atoms with van der Waals surface area (Å²) in [6, 6.07) is 4.36. The maximum atomic E-state index is 13.5. The third-order valence-corrected chi connectivity index (χ3v) is 2.61. The van der Waals surface area contributed by atoms with Crippen molar-refractivity contribution in [1.29, 1.82) is 0 Å². The van der Waals surface area contributed by atoms with Crippen molar-refractivity contribution in [2.75, 3.05) is 6.54 Å². The summed E-state index contributed by atoms with van der Waals surface area (Å²) < 4.78 is 13.7. The molecule has 2 N–H and O–H groups in total. The van der Waals surface area contributed by atoms with Crippen LogP contribution >= 0.6 is 15.9 Å². The Morgan fingerprint density at radius 3 is 2.81 bits per heavy atom. The first-order valence-electron chi connectivity index (χ1n) is 4.38. The summed E-state index contributed by atoms with van der Waals surface area (Å²) in [5.74, 6) is -0.644. The second kappa shape index (κ2) is 5.81. The second-order valence-electron chi connectivity index (χ2n) is 3.07. The molecule has 0 aliphatic rings. The van der Waals surface area contributed by atoms with Crippen molar-refractivity contribution in [3.8, 4) is 0 Å². The molecular formula is C9H9BrFN3O2. The van der Waals surface area contributed by atoms with Gasteiger partial charge in [0.1, 0.15) is 11.9 Å². The Morgan fingerprint density at radius 2 is 2.19 bits per heavy atom. The topological polar surface area (TPSA) is 89.2 Å². The summed E-state index contributed by atoms with van der Waals surface area (Å²) in [5, 5.41) is 22.2. The van der Waals surface area contributed by atoms with Crippen molar-refractivity contribution in [3.63, 3.8) is 0 Å². The molecule has 0 aliphatic heterocycles. The Labute approximate surface area is 99.3 Å². The van der Waals surface area contributed by atoms with Crippen molar-refractivity contribution >= 4 is 15.9 Å². The lowest BCUT2D eigenvalue weighted by molar-refractivity contribution is 0.0222. The Morgan fingerprint density at radius 1 is 1.50 bits per heavy atom. The molecule has 0 bridgehead atoms. The molecule has 1 rings (SSSR count). The molecule has 0 heterocycles. The van der Waals surface area contributed by atoms with E-state index in [2.05, 4.69) is 26.0 Å². The van der Waals surface area contributed by atoms with Crippen LogP contribution in [-0.2, 0) is 0 Å². The van der Waals surface area contributed by atoms with E-state index in [1.807, 2.05) is 0 Å². The number of rotatable bonds is 4. The molecule has 0 spiro atoms.